The lowest BCUT2D eigenvalue weighted by atomic mass is 10.2. The summed E-state index contributed by atoms with van der Waals surface area (Å²) < 4.78 is 1.06. The monoisotopic (exact) mass is 348 g/mol. The Hall–Kier alpha value is -1.62. The van der Waals surface area contributed by atoms with E-state index in [1.165, 1.54) is 5.56 Å². The van der Waals surface area contributed by atoms with Crippen molar-refractivity contribution in [3.8, 4) is 0 Å². The molecule has 0 bridgehead atoms. The first-order valence-corrected chi connectivity index (χ1v) is 8.06. The van der Waals surface area contributed by atoms with Crippen LogP contribution in [0.2, 0.25) is 0 Å². The molecule has 0 unspecified atom stereocenters. The van der Waals surface area contributed by atoms with Crippen LogP contribution in [0.1, 0.15) is 31.7 Å². The molecule has 0 atom stereocenters. The van der Waals surface area contributed by atoms with Crippen LogP contribution >= 0.6 is 15.9 Å². The van der Waals surface area contributed by atoms with Crippen molar-refractivity contribution in [1.29, 1.82) is 0 Å². The van der Waals surface area contributed by atoms with Crippen LogP contribution in [0, 0.1) is 6.92 Å². The van der Waals surface area contributed by atoms with Crippen molar-refractivity contribution in [3.63, 3.8) is 0 Å². The second-order valence-electron chi connectivity index (χ2n) is 4.98. The summed E-state index contributed by atoms with van der Waals surface area (Å²) in [7, 11) is 0. The summed E-state index contributed by atoms with van der Waals surface area (Å²) in [6.07, 6.45) is 1.91. The highest BCUT2D eigenvalue weighted by atomic mass is 79.9. The van der Waals surface area contributed by atoms with Gasteiger partial charge in [0.25, 0.3) is 0 Å². The molecule has 1 aromatic carbocycles. The average molecular weight is 349 g/mol. The first-order valence-electron chi connectivity index (χ1n) is 7.26. The third-order valence-corrected chi connectivity index (χ3v) is 3.38. The van der Waals surface area contributed by atoms with E-state index in [0.717, 1.165) is 47.0 Å². The number of benzene rings is 1. The summed E-state index contributed by atoms with van der Waals surface area (Å²) in [4.78, 5) is 9.10. The molecule has 2 aromatic rings. The van der Waals surface area contributed by atoms with Crippen LogP contribution in [0.4, 0.5) is 17.3 Å². The Balaban J connectivity index is 2.28. The van der Waals surface area contributed by atoms with E-state index in [4.69, 9.17) is 0 Å². The summed E-state index contributed by atoms with van der Waals surface area (Å²) in [5.41, 5.74) is 2.21. The highest BCUT2D eigenvalue weighted by Crippen LogP contribution is 2.23. The van der Waals surface area contributed by atoms with Gasteiger partial charge in [-0.1, -0.05) is 22.9 Å². The fraction of sp³-hybridized carbons (Fsp3) is 0.375. The smallest absolute Gasteiger partial charge is 0.136 e. The van der Waals surface area contributed by atoms with Gasteiger partial charge in [-0.25, -0.2) is 9.97 Å². The molecule has 1 heterocycles. The number of anilines is 3. The number of halogens is 1. The van der Waals surface area contributed by atoms with Crippen LogP contribution in [0.5, 0.6) is 0 Å². The van der Waals surface area contributed by atoms with E-state index in [1.54, 1.807) is 0 Å². The van der Waals surface area contributed by atoms with Gasteiger partial charge >= 0.3 is 0 Å². The molecule has 0 spiro atoms. The number of hydrogen-bond donors (Lipinski definition) is 2. The highest BCUT2D eigenvalue weighted by molar-refractivity contribution is 9.10. The quantitative estimate of drug-likeness (QED) is 0.795. The first kappa shape index (κ1) is 15.8. The summed E-state index contributed by atoms with van der Waals surface area (Å²) in [5, 5.41) is 6.62. The summed E-state index contributed by atoms with van der Waals surface area (Å²) in [6, 6.07) is 8.16. The third kappa shape index (κ3) is 4.70. The maximum Gasteiger partial charge on any atom is 0.136 e. The topological polar surface area (TPSA) is 49.8 Å². The van der Waals surface area contributed by atoms with Crippen LogP contribution in [0.3, 0.4) is 0 Å². The van der Waals surface area contributed by atoms with E-state index >= 15 is 0 Å². The van der Waals surface area contributed by atoms with Crippen LogP contribution in [0.25, 0.3) is 0 Å². The van der Waals surface area contributed by atoms with E-state index < -0.39 is 0 Å². The lowest BCUT2D eigenvalue weighted by molar-refractivity contribution is 0.836. The van der Waals surface area contributed by atoms with Crippen molar-refractivity contribution in [1.82, 2.24) is 9.97 Å². The normalized spacial score (nSPS) is 10.5. The number of hydrogen-bond acceptors (Lipinski definition) is 4. The molecule has 21 heavy (non-hydrogen) atoms. The molecule has 0 aliphatic heterocycles. The van der Waals surface area contributed by atoms with E-state index in [1.807, 2.05) is 12.1 Å². The minimum absolute atomic E-state index is 0.821. The highest BCUT2D eigenvalue weighted by Gasteiger charge is 2.05. The SMILES string of the molecule is CCCc1nc(NCC)cc(Nc2cc(C)cc(Br)c2)n1. The second-order valence-corrected chi connectivity index (χ2v) is 5.89. The first-order chi connectivity index (χ1) is 10.1. The predicted octanol–water partition coefficient (Wildman–Crippen LogP) is 4.68. The van der Waals surface area contributed by atoms with Gasteiger partial charge in [0, 0.05) is 29.2 Å². The van der Waals surface area contributed by atoms with E-state index in [0.29, 0.717) is 0 Å². The molecule has 5 heteroatoms. The zero-order chi connectivity index (χ0) is 15.2. The molecule has 0 saturated carbocycles. The molecule has 1 aromatic heterocycles. The van der Waals surface area contributed by atoms with Crippen molar-refractivity contribution in [2.24, 2.45) is 0 Å². The maximum atomic E-state index is 4.58. The fourth-order valence-electron chi connectivity index (χ4n) is 2.12. The molecule has 0 amide bonds. The summed E-state index contributed by atoms with van der Waals surface area (Å²) >= 11 is 3.52. The van der Waals surface area contributed by atoms with Gasteiger partial charge in [-0.2, -0.15) is 0 Å². The number of rotatable bonds is 6. The third-order valence-electron chi connectivity index (χ3n) is 2.92. The Labute approximate surface area is 134 Å². The van der Waals surface area contributed by atoms with Crippen molar-refractivity contribution in [2.45, 2.75) is 33.6 Å². The molecule has 0 radical (unpaired) electrons. The maximum absolute atomic E-state index is 4.58. The molecule has 0 fully saturated rings. The van der Waals surface area contributed by atoms with Gasteiger partial charge in [-0.15, -0.1) is 0 Å². The van der Waals surface area contributed by atoms with Crippen molar-refractivity contribution in [2.75, 3.05) is 17.2 Å². The van der Waals surface area contributed by atoms with Crippen LogP contribution < -0.4 is 10.6 Å². The van der Waals surface area contributed by atoms with E-state index in [9.17, 15) is 0 Å². The fourth-order valence-corrected chi connectivity index (χ4v) is 2.73. The average Bonchev–Trinajstić information content (AvgIpc) is 2.37. The summed E-state index contributed by atoms with van der Waals surface area (Å²) in [6.45, 7) is 7.11. The van der Waals surface area contributed by atoms with Crippen LogP contribution in [-0.4, -0.2) is 16.5 Å². The van der Waals surface area contributed by atoms with Crippen LogP contribution in [-0.2, 0) is 6.42 Å². The molecule has 0 saturated heterocycles. The second kappa shape index (κ2) is 7.41. The Morgan fingerprint density at radius 1 is 1.05 bits per heavy atom. The lowest BCUT2D eigenvalue weighted by Crippen LogP contribution is -2.06. The van der Waals surface area contributed by atoms with E-state index in [2.05, 4.69) is 69.4 Å². The van der Waals surface area contributed by atoms with Crippen LogP contribution in [0.15, 0.2) is 28.7 Å². The van der Waals surface area contributed by atoms with Gasteiger partial charge in [0.15, 0.2) is 0 Å². The standard InChI is InChI=1S/C16H21BrN4/c1-4-6-14-20-15(18-5-2)10-16(21-14)19-13-8-11(3)7-12(17)9-13/h7-10H,4-6H2,1-3H3,(H2,18,19,20,21). The Kier molecular flexibility index (Phi) is 5.56. The summed E-state index contributed by atoms with van der Waals surface area (Å²) in [5.74, 6) is 2.55. The number of nitrogens with zero attached hydrogens (tertiary/aromatic N) is 2. The van der Waals surface area contributed by atoms with Gasteiger partial charge in [-0.05, 0) is 44.0 Å². The molecule has 0 aliphatic rings. The minimum atomic E-state index is 0.821. The number of aryl methyl sites for hydroxylation is 2. The zero-order valence-corrected chi connectivity index (χ0v) is 14.3. The number of nitrogens with one attached hydrogen (secondary N) is 2. The molecule has 2 rings (SSSR count). The van der Waals surface area contributed by atoms with E-state index in [-0.39, 0.29) is 0 Å². The largest absolute Gasteiger partial charge is 0.370 e. The van der Waals surface area contributed by atoms with Crippen molar-refractivity contribution in [3.05, 3.63) is 40.1 Å². The number of aromatic nitrogens is 2. The lowest BCUT2D eigenvalue weighted by Gasteiger charge is -2.11. The molecule has 2 N–H and O–H groups in total. The Bertz CT molecular complexity index is 569. The molecule has 112 valence electrons. The van der Waals surface area contributed by atoms with Crippen molar-refractivity contribution < 1.29 is 0 Å². The Morgan fingerprint density at radius 2 is 1.81 bits per heavy atom. The molecule has 4 nitrogen and oxygen atoms in total. The predicted molar refractivity (Wildman–Crippen MR) is 92.4 cm³/mol. The van der Waals surface area contributed by atoms with Gasteiger partial charge in [0.05, 0.1) is 0 Å². The molecular weight excluding hydrogens is 328 g/mol. The van der Waals surface area contributed by atoms with Gasteiger partial charge in [0.2, 0.25) is 0 Å². The van der Waals surface area contributed by atoms with Gasteiger partial charge < -0.3 is 10.6 Å². The molecule has 0 aliphatic carbocycles. The van der Waals surface area contributed by atoms with Crippen molar-refractivity contribution >= 4 is 33.3 Å². The molecular formula is C16H21BrN4. The zero-order valence-electron chi connectivity index (χ0n) is 12.7. The van der Waals surface area contributed by atoms with Gasteiger partial charge in [0.1, 0.15) is 17.5 Å². The van der Waals surface area contributed by atoms with Gasteiger partial charge in [-0.3, -0.25) is 0 Å². The Morgan fingerprint density at radius 3 is 2.48 bits per heavy atom. The minimum Gasteiger partial charge on any atom is -0.370 e.